The van der Waals surface area contributed by atoms with Crippen LogP contribution in [0.25, 0.3) is 10.9 Å². The summed E-state index contributed by atoms with van der Waals surface area (Å²) in [5, 5.41) is 1.40. The Balaban J connectivity index is 0.00000196. The van der Waals surface area contributed by atoms with E-state index in [1.807, 2.05) is 6.07 Å². The lowest BCUT2D eigenvalue weighted by Gasteiger charge is -2.32. The standard InChI is InChI=1S/C22H26N2O.ClH/c1-25-19-6-4-5-17(15-19)9-12-24-13-10-18(11-14-24)21-16-23-22-8-3-2-7-20(21)22;/h2-8,15-16,18,23H,9-14H2,1H3;1H. The van der Waals surface area contributed by atoms with Crippen LogP contribution in [0.3, 0.4) is 0 Å². The van der Waals surface area contributed by atoms with E-state index in [0.29, 0.717) is 5.92 Å². The van der Waals surface area contributed by atoms with E-state index in [1.165, 1.54) is 48.0 Å². The van der Waals surface area contributed by atoms with Crippen LogP contribution in [0, 0.1) is 0 Å². The second kappa shape index (κ2) is 8.61. The van der Waals surface area contributed by atoms with Crippen molar-refractivity contribution >= 4 is 23.3 Å². The number of para-hydroxylation sites is 1. The van der Waals surface area contributed by atoms with E-state index in [0.717, 1.165) is 18.7 Å². The molecule has 1 aromatic heterocycles. The summed E-state index contributed by atoms with van der Waals surface area (Å²) in [4.78, 5) is 6.03. The van der Waals surface area contributed by atoms with Crippen LogP contribution in [0.4, 0.5) is 0 Å². The van der Waals surface area contributed by atoms with Crippen LogP contribution in [0.1, 0.15) is 29.9 Å². The van der Waals surface area contributed by atoms with Crippen molar-refractivity contribution in [1.29, 1.82) is 0 Å². The van der Waals surface area contributed by atoms with Crippen LogP contribution in [0.15, 0.2) is 54.7 Å². The van der Waals surface area contributed by atoms with E-state index in [4.69, 9.17) is 4.74 Å². The summed E-state index contributed by atoms with van der Waals surface area (Å²) in [5.74, 6) is 1.64. The average molecular weight is 371 g/mol. The highest BCUT2D eigenvalue weighted by Gasteiger charge is 2.22. The van der Waals surface area contributed by atoms with E-state index in [1.54, 1.807) is 7.11 Å². The van der Waals surface area contributed by atoms with Gasteiger partial charge in [0.15, 0.2) is 0 Å². The first-order valence-electron chi connectivity index (χ1n) is 9.25. The van der Waals surface area contributed by atoms with E-state index in [2.05, 4.69) is 58.5 Å². The van der Waals surface area contributed by atoms with Crippen molar-refractivity contribution in [3.63, 3.8) is 0 Å². The molecule has 1 saturated heterocycles. The minimum Gasteiger partial charge on any atom is -0.497 e. The summed E-state index contributed by atoms with van der Waals surface area (Å²) in [6.45, 7) is 3.51. The Morgan fingerprint density at radius 2 is 1.88 bits per heavy atom. The lowest BCUT2D eigenvalue weighted by molar-refractivity contribution is 0.215. The zero-order chi connectivity index (χ0) is 17.1. The van der Waals surface area contributed by atoms with Crippen molar-refractivity contribution in [1.82, 2.24) is 9.88 Å². The molecular formula is C22H27ClN2O. The molecule has 0 saturated carbocycles. The number of nitrogens with one attached hydrogen (secondary N) is 1. The fraction of sp³-hybridized carbons (Fsp3) is 0.364. The molecule has 2 heterocycles. The van der Waals surface area contributed by atoms with Gasteiger partial charge in [-0.1, -0.05) is 30.3 Å². The molecule has 1 N–H and O–H groups in total. The number of hydrogen-bond acceptors (Lipinski definition) is 2. The highest BCUT2D eigenvalue weighted by atomic mass is 35.5. The van der Waals surface area contributed by atoms with Gasteiger partial charge in [-0.25, -0.2) is 0 Å². The smallest absolute Gasteiger partial charge is 0.119 e. The van der Waals surface area contributed by atoms with Gasteiger partial charge in [-0.05, 0) is 67.6 Å². The van der Waals surface area contributed by atoms with E-state index in [9.17, 15) is 0 Å². The van der Waals surface area contributed by atoms with Crippen LogP contribution < -0.4 is 4.74 Å². The van der Waals surface area contributed by atoms with Crippen molar-refractivity contribution in [3.05, 3.63) is 65.9 Å². The van der Waals surface area contributed by atoms with Gasteiger partial charge in [0.2, 0.25) is 0 Å². The predicted molar refractivity (Wildman–Crippen MR) is 111 cm³/mol. The topological polar surface area (TPSA) is 28.3 Å². The highest BCUT2D eigenvalue weighted by molar-refractivity contribution is 5.85. The van der Waals surface area contributed by atoms with Crippen LogP contribution in [-0.4, -0.2) is 36.6 Å². The Labute approximate surface area is 161 Å². The SMILES string of the molecule is COc1cccc(CCN2CCC(c3c[nH]c4ccccc34)CC2)c1.Cl. The summed E-state index contributed by atoms with van der Waals surface area (Å²) in [6.07, 6.45) is 5.82. The number of rotatable bonds is 5. The number of aromatic amines is 1. The van der Waals surface area contributed by atoms with Crippen molar-refractivity contribution in [2.24, 2.45) is 0 Å². The number of fused-ring (bicyclic) bond motifs is 1. The molecule has 138 valence electrons. The van der Waals surface area contributed by atoms with Crippen molar-refractivity contribution < 1.29 is 4.74 Å². The number of hydrogen-bond donors (Lipinski definition) is 1. The third-order valence-electron chi connectivity index (χ3n) is 5.50. The molecule has 4 heteroatoms. The number of H-pyrrole nitrogens is 1. The molecular weight excluding hydrogens is 344 g/mol. The Hall–Kier alpha value is -1.97. The van der Waals surface area contributed by atoms with Crippen molar-refractivity contribution in [2.75, 3.05) is 26.7 Å². The summed E-state index contributed by atoms with van der Waals surface area (Å²) in [5.41, 5.74) is 4.12. The van der Waals surface area contributed by atoms with Gasteiger partial charge in [0.05, 0.1) is 7.11 Å². The van der Waals surface area contributed by atoms with Gasteiger partial charge in [0, 0.05) is 23.6 Å². The minimum atomic E-state index is 0. The van der Waals surface area contributed by atoms with Crippen LogP contribution in [0.5, 0.6) is 5.75 Å². The molecule has 1 fully saturated rings. The van der Waals surface area contributed by atoms with E-state index < -0.39 is 0 Å². The summed E-state index contributed by atoms with van der Waals surface area (Å²) >= 11 is 0. The molecule has 1 aliphatic rings. The quantitative estimate of drug-likeness (QED) is 0.683. The second-order valence-electron chi connectivity index (χ2n) is 7.01. The molecule has 0 atom stereocenters. The number of aromatic nitrogens is 1. The highest BCUT2D eigenvalue weighted by Crippen LogP contribution is 2.33. The summed E-state index contributed by atoms with van der Waals surface area (Å²) < 4.78 is 5.32. The third kappa shape index (κ3) is 4.05. The minimum absolute atomic E-state index is 0. The fourth-order valence-corrected chi connectivity index (χ4v) is 4.01. The first kappa shape index (κ1) is 18.8. The van der Waals surface area contributed by atoms with Crippen molar-refractivity contribution in [3.8, 4) is 5.75 Å². The molecule has 4 rings (SSSR count). The van der Waals surface area contributed by atoms with Crippen LogP contribution >= 0.6 is 12.4 Å². The van der Waals surface area contributed by atoms with Gasteiger partial charge in [-0.3, -0.25) is 0 Å². The van der Waals surface area contributed by atoms with Gasteiger partial charge in [-0.2, -0.15) is 0 Å². The summed E-state index contributed by atoms with van der Waals surface area (Å²) in [7, 11) is 1.73. The van der Waals surface area contributed by atoms with Gasteiger partial charge >= 0.3 is 0 Å². The van der Waals surface area contributed by atoms with Gasteiger partial charge in [-0.15, -0.1) is 12.4 Å². The molecule has 1 aliphatic heterocycles. The number of piperidine rings is 1. The lowest BCUT2D eigenvalue weighted by Crippen LogP contribution is -2.34. The van der Waals surface area contributed by atoms with Gasteiger partial charge in [0.25, 0.3) is 0 Å². The fourth-order valence-electron chi connectivity index (χ4n) is 4.01. The normalized spacial score (nSPS) is 15.7. The molecule has 0 spiro atoms. The third-order valence-corrected chi connectivity index (χ3v) is 5.50. The second-order valence-corrected chi connectivity index (χ2v) is 7.01. The molecule has 2 aromatic carbocycles. The van der Waals surface area contributed by atoms with E-state index >= 15 is 0 Å². The van der Waals surface area contributed by atoms with E-state index in [-0.39, 0.29) is 12.4 Å². The molecule has 26 heavy (non-hydrogen) atoms. The monoisotopic (exact) mass is 370 g/mol. The zero-order valence-corrected chi connectivity index (χ0v) is 16.1. The first-order chi connectivity index (χ1) is 12.3. The van der Waals surface area contributed by atoms with Crippen LogP contribution in [-0.2, 0) is 6.42 Å². The maximum absolute atomic E-state index is 5.32. The van der Waals surface area contributed by atoms with Crippen molar-refractivity contribution in [2.45, 2.75) is 25.2 Å². The lowest BCUT2D eigenvalue weighted by atomic mass is 9.89. The largest absolute Gasteiger partial charge is 0.497 e. The Morgan fingerprint density at radius 3 is 2.69 bits per heavy atom. The molecule has 0 bridgehead atoms. The molecule has 3 nitrogen and oxygen atoms in total. The molecule has 0 aliphatic carbocycles. The number of nitrogens with zero attached hydrogens (tertiary/aromatic N) is 1. The number of methoxy groups -OCH3 is 1. The average Bonchev–Trinajstić information content (AvgIpc) is 3.11. The molecule has 0 amide bonds. The Morgan fingerprint density at radius 1 is 1.08 bits per heavy atom. The van der Waals surface area contributed by atoms with Gasteiger partial charge in [0.1, 0.15) is 5.75 Å². The number of ether oxygens (including phenoxy) is 1. The van der Waals surface area contributed by atoms with Gasteiger partial charge < -0.3 is 14.6 Å². The first-order valence-corrected chi connectivity index (χ1v) is 9.25. The molecule has 3 aromatic rings. The summed E-state index contributed by atoms with van der Waals surface area (Å²) in [6, 6.07) is 17.1. The Bertz CT molecular complexity index is 837. The Kier molecular flexibility index (Phi) is 6.23. The number of halogens is 1. The predicted octanol–water partition coefficient (Wildman–Crippen LogP) is 5.02. The number of benzene rings is 2. The van der Waals surface area contributed by atoms with Crippen LogP contribution in [0.2, 0.25) is 0 Å². The maximum atomic E-state index is 5.32. The maximum Gasteiger partial charge on any atom is 0.119 e. The molecule has 0 unspecified atom stereocenters. The molecule has 0 radical (unpaired) electrons. The number of likely N-dealkylation sites (tertiary alicyclic amines) is 1. The zero-order valence-electron chi connectivity index (χ0n) is 15.3.